The zero-order chi connectivity index (χ0) is 16.4. The van der Waals surface area contributed by atoms with Crippen molar-refractivity contribution < 1.29 is 18.0 Å². The van der Waals surface area contributed by atoms with Crippen LogP contribution >= 0.6 is 0 Å². The number of rotatable bonds is 4. The number of pyridine rings is 1. The highest BCUT2D eigenvalue weighted by atomic mass is 19.4. The average molecular weight is 327 g/mol. The summed E-state index contributed by atoms with van der Waals surface area (Å²) in [4.78, 5) is 17.7. The summed E-state index contributed by atoms with van der Waals surface area (Å²) in [6.07, 6.45) is 2.03. The third-order valence-corrected chi connectivity index (χ3v) is 4.59. The second kappa shape index (κ2) is 6.37. The summed E-state index contributed by atoms with van der Waals surface area (Å²) in [5.41, 5.74) is -0.698. The standard InChI is InChI=1S/C16H20F3N3O/c17-16(18,19)12-5-6-20-14(8-12)22-9-13(10-22)21-15(23)7-11-3-1-2-4-11/h5-6,8,11,13H,1-4,7,9-10H2,(H,21,23). The Kier molecular flexibility index (Phi) is 4.46. The molecule has 0 spiro atoms. The summed E-state index contributed by atoms with van der Waals surface area (Å²) in [7, 11) is 0. The molecule has 0 aromatic carbocycles. The van der Waals surface area contributed by atoms with Crippen molar-refractivity contribution in [3.8, 4) is 0 Å². The number of alkyl halides is 3. The first-order valence-corrected chi connectivity index (χ1v) is 7.99. The number of nitrogens with zero attached hydrogens (tertiary/aromatic N) is 2. The van der Waals surface area contributed by atoms with Gasteiger partial charge in [-0.1, -0.05) is 12.8 Å². The van der Waals surface area contributed by atoms with Crippen molar-refractivity contribution in [2.45, 2.75) is 44.3 Å². The minimum atomic E-state index is -4.36. The van der Waals surface area contributed by atoms with Gasteiger partial charge >= 0.3 is 6.18 Å². The Labute approximate surface area is 133 Å². The molecule has 0 radical (unpaired) electrons. The lowest BCUT2D eigenvalue weighted by molar-refractivity contribution is -0.137. The number of halogens is 3. The highest BCUT2D eigenvalue weighted by molar-refractivity contribution is 5.77. The molecule has 1 aromatic rings. The van der Waals surface area contributed by atoms with Crippen LogP contribution in [0.1, 0.15) is 37.7 Å². The van der Waals surface area contributed by atoms with Gasteiger partial charge in [-0.15, -0.1) is 0 Å². The van der Waals surface area contributed by atoms with Crippen molar-refractivity contribution in [1.29, 1.82) is 0 Å². The predicted molar refractivity (Wildman–Crippen MR) is 80.0 cm³/mol. The lowest BCUT2D eigenvalue weighted by atomic mass is 10.0. The number of carbonyl (C=O) groups is 1. The van der Waals surface area contributed by atoms with Gasteiger partial charge in [0.1, 0.15) is 5.82 Å². The molecule has 0 atom stereocenters. The van der Waals surface area contributed by atoms with Crippen LogP contribution in [-0.4, -0.2) is 30.0 Å². The van der Waals surface area contributed by atoms with Crippen LogP contribution in [0.4, 0.5) is 19.0 Å². The normalized spacial score (nSPS) is 19.7. The summed E-state index contributed by atoms with van der Waals surface area (Å²) in [5.74, 6) is 0.857. The van der Waals surface area contributed by atoms with Crippen LogP contribution in [0.15, 0.2) is 18.3 Å². The minimum Gasteiger partial charge on any atom is -0.352 e. The highest BCUT2D eigenvalue weighted by Crippen LogP contribution is 2.31. The second-order valence-electron chi connectivity index (χ2n) is 6.42. The third-order valence-electron chi connectivity index (χ3n) is 4.59. The summed E-state index contributed by atoms with van der Waals surface area (Å²) >= 11 is 0. The number of nitrogens with one attached hydrogen (secondary N) is 1. The van der Waals surface area contributed by atoms with Crippen LogP contribution < -0.4 is 10.2 Å². The van der Waals surface area contributed by atoms with Crippen molar-refractivity contribution in [3.63, 3.8) is 0 Å². The van der Waals surface area contributed by atoms with Gasteiger partial charge in [-0.2, -0.15) is 13.2 Å². The molecule has 1 N–H and O–H groups in total. The predicted octanol–water partition coefficient (Wildman–Crippen LogP) is 2.99. The van der Waals surface area contributed by atoms with Crippen molar-refractivity contribution in [2.75, 3.05) is 18.0 Å². The fraction of sp³-hybridized carbons (Fsp3) is 0.625. The SMILES string of the molecule is O=C(CC1CCCC1)NC1CN(c2cc(C(F)(F)F)ccn2)C1. The van der Waals surface area contributed by atoms with E-state index in [-0.39, 0.29) is 11.9 Å². The molecule has 2 heterocycles. The largest absolute Gasteiger partial charge is 0.416 e. The maximum Gasteiger partial charge on any atom is 0.416 e. The minimum absolute atomic E-state index is 0.000228. The lowest BCUT2D eigenvalue weighted by Gasteiger charge is -2.40. The Hall–Kier alpha value is -1.79. The quantitative estimate of drug-likeness (QED) is 0.925. The van der Waals surface area contributed by atoms with Crippen LogP contribution in [0.25, 0.3) is 0 Å². The number of aromatic nitrogens is 1. The molecule has 1 saturated heterocycles. The van der Waals surface area contributed by atoms with Crippen LogP contribution in [0.5, 0.6) is 0 Å². The topological polar surface area (TPSA) is 45.2 Å². The lowest BCUT2D eigenvalue weighted by Crippen LogP contribution is -2.59. The first-order valence-electron chi connectivity index (χ1n) is 7.99. The fourth-order valence-corrected chi connectivity index (χ4v) is 3.29. The van der Waals surface area contributed by atoms with Crippen LogP contribution in [-0.2, 0) is 11.0 Å². The van der Waals surface area contributed by atoms with Gasteiger partial charge in [0.05, 0.1) is 11.6 Å². The number of anilines is 1. The molecule has 2 fully saturated rings. The molecule has 126 valence electrons. The van der Waals surface area contributed by atoms with E-state index in [9.17, 15) is 18.0 Å². The smallest absolute Gasteiger partial charge is 0.352 e. The van der Waals surface area contributed by atoms with Crippen molar-refractivity contribution in [2.24, 2.45) is 5.92 Å². The molecule has 3 rings (SSSR count). The van der Waals surface area contributed by atoms with Gasteiger partial charge < -0.3 is 10.2 Å². The maximum atomic E-state index is 12.7. The van der Waals surface area contributed by atoms with E-state index in [1.807, 2.05) is 0 Å². The molecular formula is C16H20F3N3O. The Bertz CT molecular complexity index is 564. The van der Waals surface area contributed by atoms with Gasteiger partial charge in [0.2, 0.25) is 5.91 Å². The zero-order valence-corrected chi connectivity index (χ0v) is 12.8. The van der Waals surface area contributed by atoms with E-state index >= 15 is 0 Å². The molecule has 0 bridgehead atoms. The van der Waals surface area contributed by atoms with Crippen molar-refractivity contribution in [3.05, 3.63) is 23.9 Å². The van der Waals surface area contributed by atoms with Crippen LogP contribution in [0.3, 0.4) is 0 Å². The average Bonchev–Trinajstić information content (AvgIpc) is 2.94. The van der Waals surface area contributed by atoms with Crippen LogP contribution in [0, 0.1) is 5.92 Å². The van der Waals surface area contributed by atoms with E-state index in [0.29, 0.717) is 31.2 Å². The van der Waals surface area contributed by atoms with Gasteiger partial charge in [0.25, 0.3) is 0 Å². The van der Waals surface area contributed by atoms with Gasteiger partial charge in [-0.05, 0) is 30.9 Å². The molecule has 0 unspecified atom stereocenters. The summed E-state index contributed by atoms with van der Waals surface area (Å²) in [6, 6.07) is 2.01. The molecule has 7 heteroatoms. The Balaban J connectivity index is 1.48. The Morgan fingerprint density at radius 2 is 2.00 bits per heavy atom. The number of hydrogen-bond acceptors (Lipinski definition) is 3. The second-order valence-corrected chi connectivity index (χ2v) is 6.42. The fourth-order valence-electron chi connectivity index (χ4n) is 3.29. The number of hydrogen-bond donors (Lipinski definition) is 1. The highest BCUT2D eigenvalue weighted by Gasteiger charge is 2.34. The maximum absolute atomic E-state index is 12.7. The molecule has 4 nitrogen and oxygen atoms in total. The van der Waals surface area contributed by atoms with E-state index in [1.54, 1.807) is 4.90 Å². The molecule has 2 aliphatic rings. The summed E-state index contributed by atoms with van der Waals surface area (Å²) in [5, 5.41) is 2.96. The zero-order valence-electron chi connectivity index (χ0n) is 12.8. The van der Waals surface area contributed by atoms with Crippen LogP contribution in [0.2, 0.25) is 0 Å². The summed E-state index contributed by atoms with van der Waals surface area (Å²) in [6.45, 7) is 1.01. The van der Waals surface area contributed by atoms with E-state index in [2.05, 4.69) is 10.3 Å². The molecular weight excluding hydrogens is 307 g/mol. The molecule has 23 heavy (non-hydrogen) atoms. The van der Waals surface area contributed by atoms with E-state index in [1.165, 1.54) is 19.0 Å². The van der Waals surface area contributed by atoms with Crippen molar-refractivity contribution >= 4 is 11.7 Å². The molecule has 1 saturated carbocycles. The van der Waals surface area contributed by atoms with Gasteiger partial charge in [-0.3, -0.25) is 4.79 Å². The van der Waals surface area contributed by atoms with E-state index in [0.717, 1.165) is 25.0 Å². The van der Waals surface area contributed by atoms with E-state index < -0.39 is 11.7 Å². The molecule has 1 aromatic heterocycles. The number of amides is 1. The first-order chi connectivity index (χ1) is 10.9. The Morgan fingerprint density at radius 1 is 1.30 bits per heavy atom. The molecule has 1 amide bonds. The summed E-state index contributed by atoms with van der Waals surface area (Å²) < 4.78 is 38.1. The monoisotopic (exact) mass is 327 g/mol. The van der Waals surface area contributed by atoms with E-state index in [4.69, 9.17) is 0 Å². The molecule has 1 aliphatic heterocycles. The first kappa shape index (κ1) is 16.1. The third kappa shape index (κ3) is 3.95. The van der Waals surface area contributed by atoms with Gasteiger partial charge in [0.15, 0.2) is 0 Å². The molecule has 1 aliphatic carbocycles. The van der Waals surface area contributed by atoms with Crippen molar-refractivity contribution in [1.82, 2.24) is 10.3 Å². The Morgan fingerprint density at radius 3 is 2.65 bits per heavy atom. The van der Waals surface area contributed by atoms with Gasteiger partial charge in [0, 0.05) is 25.7 Å². The number of carbonyl (C=O) groups excluding carboxylic acids is 1. The van der Waals surface area contributed by atoms with Gasteiger partial charge in [-0.25, -0.2) is 4.98 Å².